The summed E-state index contributed by atoms with van der Waals surface area (Å²) in [4.78, 5) is 26.7. The molecule has 0 radical (unpaired) electrons. The highest BCUT2D eigenvalue weighted by Gasteiger charge is 2.55. The van der Waals surface area contributed by atoms with E-state index in [-0.39, 0.29) is 23.9 Å². The van der Waals surface area contributed by atoms with Gasteiger partial charge in [0.05, 0.1) is 6.54 Å². The van der Waals surface area contributed by atoms with E-state index in [2.05, 4.69) is 26.1 Å². The van der Waals surface area contributed by atoms with E-state index in [1.165, 1.54) is 4.90 Å². The van der Waals surface area contributed by atoms with Crippen molar-refractivity contribution in [2.75, 3.05) is 13.2 Å². The van der Waals surface area contributed by atoms with E-state index in [1.807, 2.05) is 31.2 Å². The average Bonchev–Trinajstić information content (AvgIpc) is 2.68. The van der Waals surface area contributed by atoms with Gasteiger partial charge in [0, 0.05) is 0 Å². The minimum atomic E-state index is -0.735. The molecule has 0 unspecified atom stereocenters. The maximum absolute atomic E-state index is 13.0. The zero-order valence-corrected chi connectivity index (χ0v) is 15.6. The smallest absolute Gasteiger partial charge is 0.325 e. The van der Waals surface area contributed by atoms with Gasteiger partial charge in [-0.15, -0.1) is 0 Å². The number of carbonyl (C=O) groups is 2. The van der Waals surface area contributed by atoms with Crippen molar-refractivity contribution in [3.8, 4) is 5.75 Å². The molecule has 5 nitrogen and oxygen atoms in total. The normalized spacial score (nSPS) is 28.3. The van der Waals surface area contributed by atoms with Gasteiger partial charge in [-0.3, -0.25) is 9.69 Å². The molecule has 3 rings (SSSR count). The summed E-state index contributed by atoms with van der Waals surface area (Å²) in [5.41, 5.74) is 0.431. The molecule has 0 bridgehead atoms. The van der Waals surface area contributed by atoms with Gasteiger partial charge in [0.2, 0.25) is 0 Å². The van der Waals surface area contributed by atoms with E-state index < -0.39 is 5.54 Å². The van der Waals surface area contributed by atoms with E-state index >= 15 is 0 Å². The second-order valence-corrected chi connectivity index (χ2v) is 8.49. The van der Waals surface area contributed by atoms with Crippen LogP contribution in [0.1, 0.15) is 45.6 Å². The Bertz CT molecular complexity index is 685. The Hall–Kier alpha value is -2.04. The van der Waals surface area contributed by atoms with Gasteiger partial charge >= 0.3 is 6.03 Å². The minimum Gasteiger partial charge on any atom is -0.492 e. The predicted octanol–water partition coefficient (Wildman–Crippen LogP) is 3.51. The van der Waals surface area contributed by atoms with Crippen molar-refractivity contribution < 1.29 is 14.3 Å². The predicted molar refractivity (Wildman–Crippen MR) is 96.4 cm³/mol. The fourth-order valence-electron chi connectivity index (χ4n) is 4.67. The molecule has 2 atom stereocenters. The van der Waals surface area contributed by atoms with Crippen LogP contribution in [0.3, 0.4) is 0 Å². The van der Waals surface area contributed by atoms with Gasteiger partial charge in [-0.25, -0.2) is 4.79 Å². The fraction of sp³-hybridized carbons (Fsp3) is 0.600. The van der Waals surface area contributed by atoms with Crippen LogP contribution < -0.4 is 10.1 Å². The van der Waals surface area contributed by atoms with Gasteiger partial charge in [-0.05, 0) is 55.2 Å². The molecule has 1 aliphatic heterocycles. The topological polar surface area (TPSA) is 58.6 Å². The summed E-state index contributed by atoms with van der Waals surface area (Å²) >= 11 is 0. The van der Waals surface area contributed by atoms with Crippen molar-refractivity contribution >= 4 is 11.9 Å². The van der Waals surface area contributed by atoms with Gasteiger partial charge in [-0.1, -0.05) is 32.9 Å². The summed E-state index contributed by atoms with van der Waals surface area (Å²) in [7, 11) is 0. The van der Waals surface area contributed by atoms with Crippen molar-refractivity contribution in [3.05, 3.63) is 29.8 Å². The lowest BCUT2D eigenvalue weighted by molar-refractivity contribution is -0.135. The molecule has 2 fully saturated rings. The molecule has 1 N–H and O–H groups in total. The molecule has 1 aliphatic carbocycles. The van der Waals surface area contributed by atoms with Crippen LogP contribution in [0.25, 0.3) is 0 Å². The number of aryl methyl sites for hydroxylation is 1. The zero-order chi connectivity index (χ0) is 18.2. The number of carbonyl (C=O) groups excluding carboxylic acids is 2. The van der Waals surface area contributed by atoms with Crippen molar-refractivity contribution in [1.82, 2.24) is 10.2 Å². The summed E-state index contributed by atoms with van der Waals surface area (Å²) in [6, 6.07) is 7.46. The van der Waals surface area contributed by atoms with Crippen LogP contribution in [-0.4, -0.2) is 35.5 Å². The highest BCUT2D eigenvalue weighted by molar-refractivity contribution is 6.07. The highest BCUT2D eigenvalue weighted by atomic mass is 16.5. The minimum absolute atomic E-state index is 0.0503. The standard InChI is InChI=1S/C20H28N2O3/c1-14-6-5-7-16(10-14)25-9-8-22-17(23)20(21-18(22)24)12-15(2)11-19(3,4)13-20/h5-7,10,15H,8-9,11-13H2,1-4H3,(H,21,24)/t15-,20+/m1/s1. The number of hydrogen-bond acceptors (Lipinski definition) is 3. The van der Waals surface area contributed by atoms with Crippen LogP contribution in [0.4, 0.5) is 4.79 Å². The number of urea groups is 1. The van der Waals surface area contributed by atoms with E-state index in [1.54, 1.807) is 0 Å². The molecule has 0 aromatic heterocycles. The molecule has 3 amide bonds. The number of nitrogens with zero attached hydrogens (tertiary/aromatic N) is 1. The molecular weight excluding hydrogens is 316 g/mol. The maximum atomic E-state index is 13.0. The van der Waals surface area contributed by atoms with Crippen LogP contribution in [0.5, 0.6) is 5.75 Å². The number of hydrogen-bond donors (Lipinski definition) is 1. The average molecular weight is 344 g/mol. The van der Waals surface area contributed by atoms with Gasteiger partial charge in [-0.2, -0.15) is 0 Å². The van der Waals surface area contributed by atoms with Gasteiger partial charge in [0.1, 0.15) is 17.9 Å². The first kappa shape index (κ1) is 17.8. The third kappa shape index (κ3) is 3.65. The number of amides is 3. The second-order valence-electron chi connectivity index (χ2n) is 8.49. The van der Waals surface area contributed by atoms with Gasteiger partial charge in [0.15, 0.2) is 0 Å². The van der Waals surface area contributed by atoms with Gasteiger partial charge in [0.25, 0.3) is 5.91 Å². The van der Waals surface area contributed by atoms with Crippen LogP contribution in [0.2, 0.25) is 0 Å². The zero-order valence-electron chi connectivity index (χ0n) is 15.6. The van der Waals surface area contributed by atoms with E-state index in [9.17, 15) is 9.59 Å². The number of rotatable bonds is 4. The lowest BCUT2D eigenvalue weighted by Crippen LogP contribution is -2.54. The quantitative estimate of drug-likeness (QED) is 0.850. The Balaban J connectivity index is 1.65. The van der Waals surface area contributed by atoms with Crippen LogP contribution in [-0.2, 0) is 4.79 Å². The molecule has 1 aromatic rings. The maximum Gasteiger partial charge on any atom is 0.325 e. The Morgan fingerprint density at radius 2 is 2.04 bits per heavy atom. The molecule has 25 heavy (non-hydrogen) atoms. The van der Waals surface area contributed by atoms with Crippen molar-refractivity contribution in [3.63, 3.8) is 0 Å². The van der Waals surface area contributed by atoms with Crippen molar-refractivity contribution in [1.29, 1.82) is 0 Å². The number of ether oxygens (including phenoxy) is 1. The Morgan fingerprint density at radius 3 is 2.72 bits per heavy atom. The highest BCUT2D eigenvalue weighted by Crippen LogP contribution is 2.46. The molecule has 1 heterocycles. The van der Waals surface area contributed by atoms with Crippen LogP contribution in [0.15, 0.2) is 24.3 Å². The van der Waals surface area contributed by atoms with Crippen molar-refractivity contribution in [2.24, 2.45) is 11.3 Å². The Morgan fingerprint density at radius 1 is 1.28 bits per heavy atom. The number of nitrogens with one attached hydrogen (secondary N) is 1. The molecule has 136 valence electrons. The van der Waals surface area contributed by atoms with Crippen molar-refractivity contribution in [2.45, 2.75) is 52.5 Å². The molecular formula is C20H28N2O3. The van der Waals surface area contributed by atoms with Gasteiger partial charge < -0.3 is 10.1 Å². The molecule has 1 aromatic carbocycles. The molecule has 1 saturated heterocycles. The fourth-order valence-corrected chi connectivity index (χ4v) is 4.67. The molecule has 1 saturated carbocycles. The summed E-state index contributed by atoms with van der Waals surface area (Å²) in [6.45, 7) is 9.08. The molecule has 1 spiro atoms. The second kappa shape index (κ2) is 6.36. The monoisotopic (exact) mass is 344 g/mol. The summed E-state index contributed by atoms with van der Waals surface area (Å²) in [5, 5.41) is 2.99. The lowest BCUT2D eigenvalue weighted by Gasteiger charge is -2.43. The Labute approximate surface area is 149 Å². The SMILES string of the molecule is Cc1cccc(OCCN2C(=O)N[C@]3(C[C@H](C)CC(C)(C)C3)C2=O)c1. The first-order chi connectivity index (χ1) is 11.7. The third-order valence-corrected chi connectivity index (χ3v) is 5.20. The summed E-state index contributed by atoms with van der Waals surface area (Å²) in [6.07, 6.45) is 2.49. The number of imide groups is 1. The van der Waals surface area contributed by atoms with Crippen LogP contribution >= 0.6 is 0 Å². The first-order valence-electron chi connectivity index (χ1n) is 9.04. The van der Waals surface area contributed by atoms with E-state index in [4.69, 9.17) is 4.74 Å². The summed E-state index contributed by atoms with van der Waals surface area (Å²) in [5.74, 6) is 1.08. The lowest BCUT2D eigenvalue weighted by atomic mass is 9.64. The largest absolute Gasteiger partial charge is 0.492 e. The molecule has 2 aliphatic rings. The van der Waals surface area contributed by atoms with Crippen LogP contribution in [0, 0.1) is 18.3 Å². The van der Waals surface area contributed by atoms with E-state index in [0.717, 1.165) is 24.2 Å². The third-order valence-electron chi connectivity index (χ3n) is 5.20. The number of benzene rings is 1. The molecule has 5 heteroatoms. The first-order valence-corrected chi connectivity index (χ1v) is 9.04. The Kier molecular flexibility index (Phi) is 4.52. The summed E-state index contributed by atoms with van der Waals surface area (Å²) < 4.78 is 5.71. The van der Waals surface area contributed by atoms with E-state index in [0.29, 0.717) is 18.9 Å².